The molecule has 5 nitrogen and oxygen atoms in total. The van der Waals surface area contributed by atoms with Crippen LogP contribution in [-0.2, 0) is 16.0 Å². The predicted molar refractivity (Wildman–Crippen MR) is 91.6 cm³/mol. The second-order valence-corrected chi connectivity index (χ2v) is 5.43. The topological polar surface area (TPSA) is 70.6 Å². The first-order valence-electron chi connectivity index (χ1n) is 7.61. The summed E-state index contributed by atoms with van der Waals surface area (Å²) in [7, 11) is 0. The van der Waals surface area contributed by atoms with Crippen LogP contribution in [0.4, 0.5) is 18.9 Å². The number of anilines is 1. The van der Waals surface area contributed by atoms with E-state index in [2.05, 4.69) is 10.5 Å². The minimum atomic E-state index is -4.97. The Hall–Kier alpha value is -3.16. The lowest BCUT2D eigenvalue weighted by Gasteiger charge is -2.09. The molecule has 2 amide bonds. The zero-order valence-electron chi connectivity index (χ0n) is 13.8. The second-order valence-electron chi connectivity index (χ2n) is 5.43. The fourth-order valence-corrected chi connectivity index (χ4v) is 2.06. The number of hydrogen-bond acceptors (Lipinski definition) is 3. The summed E-state index contributed by atoms with van der Waals surface area (Å²) in [6, 6.07) is 14.8. The maximum absolute atomic E-state index is 12.3. The standard InChI is InChI=1S/C18H16F3N3O2/c1-12(23-24-16(25)10-13-6-3-2-4-7-13)14-8-5-9-15(11-14)22-17(26)18(19,20)21/h2-9,11H,10H2,1H3,(H,22,26)(H,24,25)/b23-12-. The first-order chi connectivity index (χ1) is 12.3. The van der Waals surface area contributed by atoms with E-state index in [4.69, 9.17) is 0 Å². The van der Waals surface area contributed by atoms with E-state index in [0.717, 1.165) is 5.56 Å². The summed E-state index contributed by atoms with van der Waals surface area (Å²) >= 11 is 0. The summed E-state index contributed by atoms with van der Waals surface area (Å²) < 4.78 is 36.9. The monoisotopic (exact) mass is 363 g/mol. The maximum atomic E-state index is 12.3. The van der Waals surface area contributed by atoms with Crippen molar-refractivity contribution in [2.24, 2.45) is 5.10 Å². The van der Waals surface area contributed by atoms with E-state index in [1.54, 1.807) is 18.3 Å². The molecule has 136 valence electrons. The van der Waals surface area contributed by atoms with Gasteiger partial charge in [0, 0.05) is 5.69 Å². The van der Waals surface area contributed by atoms with Gasteiger partial charge in [0.1, 0.15) is 0 Å². The van der Waals surface area contributed by atoms with Crippen LogP contribution in [0.25, 0.3) is 0 Å². The van der Waals surface area contributed by atoms with Crippen LogP contribution in [0.1, 0.15) is 18.1 Å². The Balaban J connectivity index is 2.01. The highest BCUT2D eigenvalue weighted by Gasteiger charge is 2.38. The number of alkyl halides is 3. The van der Waals surface area contributed by atoms with Crippen molar-refractivity contribution in [3.63, 3.8) is 0 Å². The molecule has 0 unspecified atom stereocenters. The number of rotatable bonds is 5. The molecule has 2 aromatic rings. The third kappa shape index (κ3) is 5.73. The molecule has 26 heavy (non-hydrogen) atoms. The smallest absolute Gasteiger partial charge is 0.318 e. The third-order valence-corrected chi connectivity index (χ3v) is 3.35. The number of hydrogen-bond donors (Lipinski definition) is 2. The summed E-state index contributed by atoms with van der Waals surface area (Å²) in [5, 5.41) is 5.71. The third-order valence-electron chi connectivity index (χ3n) is 3.35. The molecule has 0 fully saturated rings. The summed E-state index contributed by atoms with van der Waals surface area (Å²) in [5.74, 6) is -2.38. The number of nitrogens with zero attached hydrogens (tertiary/aromatic N) is 1. The van der Waals surface area contributed by atoms with Gasteiger partial charge in [-0.25, -0.2) is 5.43 Å². The molecule has 0 atom stereocenters. The van der Waals surface area contributed by atoms with Crippen LogP contribution in [-0.4, -0.2) is 23.7 Å². The molecule has 8 heteroatoms. The van der Waals surface area contributed by atoms with E-state index in [1.807, 2.05) is 30.3 Å². The largest absolute Gasteiger partial charge is 0.471 e. The van der Waals surface area contributed by atoms with Gasteiger partial charge in [0.05, 0.1) is 12.1 Å². The lowest BCUT2D eigenvalue weighted by atomic mass is 10.1. The van der Waals surface area contributed by atoms with E-state index in [1.165, 1.54) is 18.2 Å². The molecule has 0 spiro atoms. The maximum Gasteiger partial charge on any atom is 0.471 e. The van der Waals surface area contributed by atoms with Crippen molar-refractivity contribution >= 4 is 23.2 Å². The molecule has 2 N–H and O–H groups in total. The molecule has 0 heterocycles. The summed E-state index contributed by atoms with van der Waals surface area (Å²) in [4.78, 5) is 22.9. The Morgan fingerprint density at radius 1 is 1.04 bits per heavy atom. The molecule has 0 saturated heterocycles. The van der Waals surface area contributed by atoms with Gasteiger partial charge in [0.2, 0.25) is 5.91 Å². The van der Waals surface area contributed by atoms with Crippen molar-refractivity contribution < 1.29 is 22.8 Å². The number of amides is 2. The molecule has 0 bridgehead atoms. The van der Waals surface area contributed by atoms with E-state index < -0.39 is 12.1 Å². The molecule has 0 aliphatic heterocycles. The van der Waals surface area contributed by atoms with Gasteiger partial charge in [-0.15, -0.1) is 0 Å². The Kier molecular flexibility index (Phi) is 6.11. The Morgan fingerprint density at radius 3 is 2.38 bits per heavy atom. The van der Waals surface area contributed by atoms with E-state index >= 15 is 0 Å². The van der Waals surface area contributed by atoms with Crippen LogP contribution in [0.15, 0.2) is 59.7 Å². The number of carbonyl (C=O) groups is 2. The average molecular weight is 363 g/mol. The molecule has 0 aromatic heterocycles. The predicted octanol–water partition coefficient (Wildman–Crippen LogP) is 3.27. The molecule has 0 aliphatic carbocycles. The van der Waals surface area contributed by atoms with Gasteiger partial charge < -0.3 is 5.32 Å². The minimum absolute atomic E-state index is 0.0185. The fraction of sp³-hybridized carbons (Fsp3) is 0.167. The van der Waals surface area contributed by atoms with Crippen molar-refractivity contribution in [3.05, 3.63) is 65.7 Å². The first kappa shape index (κ1) is 19.2. The Labute approximate surface area is 147 Å². The Bertz CT molecular complexity index is 818. The van der Waals surface area contributed by atoms with Crippen molar-refractivity contribution in [2.45, 2.75) is 19.5 Å². The van der Waals surface area contributed by atoms with Crippen LogP contribution in [0.2, 0.25) is 0 Å². The summed E-state index contributed by atoms with van der Waals surface area (Å²) in [6.07, 6.45) is -4.82. The average Bonchev–Trinajstić information content (AvgIpc) is 2.60. The zero-order chi connectivity index (χ0) is 19.2. The van der Waals surface area contributed by atoms with Crippen LogP contribution in [0, 0.1) is 0 Å². The normalized spacial score (nSPS) is 11.8. The van der Waals surface area contributed by atoms with Gasteiger partial charge in [0.25, 0.3) is 0 Å². The molecular formula is C18H16F3N3O2. The zero-order valence-corrected chi connectivity index (χ0v) is 13.8. The lowest BCUT2D eigenvalue weighted by Crippen LogP contribution is -2.30. The molecular weight excluding hydrogens is 347 g/mol. The number of halogens is 3. The van der Waals surface area contributed by atoms with Crippen molar-refractivity contribution in [1.82, 2.24) is 5.43 Å². The van der Waals surface area contributed by atoms with Crippen molar-refractivity contribution in [2.75, 3.05) is 5.32 Å². The number of benzene rings is 2. The van der Waals surface area contributed by atoms with Crippen molar-refractivity contribution in [1.29, 1.82) is 0 Å². The highest BCUT2D eigenvalue weighted by atomic mass is 19.4. The number of carbonyl (C=O) groups excluding carboxylic acids is 2. The highest BCUT2D eigenvalue weighted by Crippen LogP contribution is 2.19. The molecule has 2 rings (SSSR count). The number of nitrogens with one attached hydrogen (secondary N) is 2. The van der Waals surface area contributed by atoms with E-state index in [0.29, 0.717) is 11.3 Å². The summed E-state index contributed by atoms with van der Waals surface area (Å²) in [5.41, 5.74) is 4.05. The van der Waals surface area contributed by atoms with Gasteiger partial charge in [-0.2, -0.15) is 18.3 Å². The molecule has 2 aromatic carbocycles. The molecule has 0 radical (unpaired) electrons. The fourth-order valence-electron chi connectivity index (χ4n) is 2.06. The van der Waals surface area contributed by atoms with Crippen LogP contribution >= 0.6 is 0 Å². The lowest BCUT2D eigenvalue weighted by molar-refractivity contribution is -0.167. The van der Waals surface area contributed by atoms with E-state index in [9.17, 15) is 22.8 Å². The van der Waals surface area contributed by atoms with Gasteiger partial charge in [0.15, 0.2) is 0 Å². The van der Waals surface area contributed by atoms with Gasteiger partial charge in [-0.05, 0) is 30.2 Å². The number of hydrazone groups is 1. The quantitative estimate of drug-likeness (QED) is 0.632. The highest BCUT2D eigenvalue weighted by molar-refractivity contribution is 6.01. The molecule has 0 aliphatic rings. The molecule has 0 saturated carbocycles. The summed E-state index contributed by atoms with van der Waals surface area (Å²) in [6.45, 7) is 1.59. The first-order valence-corrected chi connectivity index (χ1v) is 7.61. The van der Waals surface area contributed by atoms with Gasteiger partial charge >= 0.3 is 12.1 Å². The second kappa shape index (κ2) is 8.28. The van der Waals surface area contributed by atoms with E-state index in [-0.39, 0.29) is 18.0 Å². The minimum Gasteiger partial charge on any atom is -0.318 e. The van der Waals surface area contributed by atoms with Crippen LogP contribution in [0.5, 0.6) is 0 Å². The van der Waals surface area contributed by atoms with Gasteiger partial charge in [-0.1, -0.05) is 42.5 Å². The van der Waals surface area contributed by atoms with Crippen LogP contribution < -0.4 is 10.7 Å². The van der Waals surface area contributed by atoms with Gasteiger partial charge in [-0.3, -0.25) is 9.59 Å². The SMILES string of the molecule is C/C(=N/NC(=O)Cc1ccccc1)c1cccc(NC(=O)C(F)(F)F)c1. The van der Waals surface area contributed by atoms with Crippen LogP contribution in [0.3, 0.4) is 0 Å². The van der Waals surface area contributed by atoms with Crippen molar-refractivity contribution in [3.8, 4) is 0 Å². The Morgan fingerprint density at radius 2 is 1.73 bits per heavy atom.